The number of nitrogens with one attached hydrogen (secondary N) is 1. The lowest BCUT2D eigenvalue weighted by Crippen LogP contribution is -2.54. The van der Waals surface area contributed by atoms with Gasteiger partial charge in [0.1, 0.15) is 11.3 Å². The molecule has 156 valence electrons. The first-order chi connectivity index (χ1) is 14.2. The molecule has 1 aliphatic heterocycles. The van der Waals surface area contributed by atoms with Crippen LogP contribution in [0.2, 0.25) is 10.0 Å². The molecule has 5 nitrogen and oxygen atoms in total. The third-order valence-corrected chi connectivity index (χ3v) is 5.67. The fourth-order valence-electron chi connectivity index (χ4n) is 2.78. The highest BCUT2D eigenvalue weighted by atomic mass is 35.5. The molecule has 1 aliphatic rings. The van der Waals surface area contributed by atoms with Crippen LogP contribution in [0.5, 0.6) is 5.75 Å². The molecule has 2 aromatic carbocycles. The van der Waals surface area contributed by atoms with Crippen LogP contribution < -0.4 is 15.0 Å². The number of rotatable bonds is 5. The predicted molar refractivity (Wildman–Crippen MR) is 124 cm³/mol. The highest BCUT2D eigenvalue weighted by molar-refractivity contribution is 7.80. The van der Waals surface area contributed by atoms with Crippen molar-refractivity contribution in [3.8, 4) is 5.75 Å². The molecule has 3 rings (SSSR count). The number of aryl methyl sites for hydroxylation is 1. The Bertz CT molecular complexity index is 1070. The Kier molecular flexibility index (Phi) is 6.81. The summed E-state index contributed by atoms with van der Waals surface area (Å²) in [6, 6.07) is 10.2. The molecule has 0 aromatic heterocycles. The van der Waals surface area contributed by atoms with Gasteiger partial charge in [-0.25, -0.2) is 0 Å². The molecule has 0 radical (unpaired) electrons. The fraction of sp³-hybridized carbons (Fsp3) is 0.227. The zero-order valence-electron chi connectivity index (χ0n) is 16.7. The summed E-state index contributed by atoms with van der Waals surface area (Å²) < 4.78 is 5.75. The lowest BCUT2D eigenvalue weighted by molar-refractivity contribution is -0.122. The van der Waals surface area contributed by atoms with E-state index in [2.05, 4.69) is 5.32 Å². The van der Waals surface area contributed by atoms with E-state index in [4.69, 9.17) is 40.2 Å². The maximum absolute atomic E-state index is 13.1. The van der Waals surface area contributed by atoms with Crippen LogP contribution in [0.15, 0.2) is 42.0 Å². The number of anilines is 1. The molecule has 0 spiro atoms. The number of hydrogen-bond acceptors (Lipinski definition) is 4. The SMILES string of the molecule is CC[C@H](C)Oc1ccc(/C=C2\C(=O)NC(=S)N(c3ccc(C)c(Cl)c3)C2=O)cc1Cl. The van der Waals surface area contributed by atoms with E-state index in [-0.39, 0.29) is 16.8 Å². The maximum atomic E-state index is 13.1. The van der Waals surface area contributed by atoms with Crippen LogP contribution in [0.1, 0.15) is 31.4 Å². The second-order valence-corrected chi connectivity index (χ2v) is 8.12. The Hall–Kier alpha value is -2.41. The average Bonchev–Trinajstić information content (AvgIpc) is 2.69. The quantitative estimate of drug-likeness (QED) is 0.371. The van der Waals surface area contributed by atoms with Crippen LogP contribution in [0.4, 0.5) is 5.69 Å². The summed E-state index contributed by atoms with van der Waals surface area (Å²) in [6.07, 6.45) is 2.34. The summed E-state index contributed by atoms with van der Waals surface area (Å²) in [7, 11) is 0. The average molecular weight is 463 g/mol. The van der Waals surface area contributed by atoms with Gasteiger partial charge in [-0.2, -0.15) is 0 Å². The third kappa shape index (κ3) is 4.67. The number of thiocarbonyl (C=S) groups is 1. The van der Waals surface area contributed by atoms with Gasteiger partial charge in [0.05, 0.1) is 16.8 Å². The van der Waals surface area contributed by atoms with Crippen molar-refractivity contribution < 1.29 is 14.3 Å². The number of benzene rings is 2. The summed E-state index contributed by atoms with van der Waals surface area (Å²) in [5, 5.41) is 3.44. The van der Waals surface area contributed by atoms with Crippen LogP contribution in [0, 0.1) is 6.92 Å². The second-order valence-electron chi connectivity index (χ2n) is 6.92. The first-order valence-electron chi connectivity index (χ1n) is 9.35. The summed E-state index contributed by atoms with van der Waals surface area (Å²) in [6.45, 7) is 5.82. The lowest BCUT2D eigenvalue weighted by atomic mass is 10.1. The molecule has 2 aromatic rings. The van der Waals surface area contributed by atoms with Crippen molar-refractivity contribution >= 4 is 64.1 Å². The molecule has 1 heterocycles. The molecule has 0 unspecified atom stereocenters. The largest absolute Gasteiger partial charge is 0.489 e. The molecule has 0 saturated carbocycles. The number of halogens is 2. The van der Waals surface area contributed by atoms with Gasteiger partial charge in [0.2, 0.25) is 0 Å². The van der Waals surface area contributed by atoms with Crippen LogP contribution >= 0.6 is 35.4 Å². The molecule has 0 bridgehead atoms. The van der Waals surface area contributed by atoms with Crippen LogP contribution in [-0.4, -0.2) is 23.0 Å². The Morgan fingerprint density at radius 1 is 1.17 bits per heavy atom. The molecular formula is C22H20Cl2N2O3S. The van der Waals surface area contributed by atoms with Gasteiger partial charge in [0.15, 0.2) is 5.11 Å². The number of carbonyl (C=O) groups excluding carboxylic acids is 2. The van der Waals surface area contributed by atoms with E-state index in [9.17, 15) is 9.59 Å². The second kappa shape index (κ2) is 9.16. The molecule has 0 aliphatic carbocycles. The number of nitrogens with zero attached hydrogens (tertiary/aromatic N) is 1. The van der Waals surface area contributed by atoms with E-state index in [0.29, 0.717) is 27.0 Å². The number of carbonyl (C=O) groups is 2. The van der Waals surface area contributed by atoms with Crippen molar-refractivity contribution in [1.29, 1.82) is 0 Å². The van der Waals surface area contributed by atoms with Gasteiger partial charge in [0.25, 0.3) is 11.8 Å². The summed E-state index contributed by atoms with van der Waals surface area (Å²) >= 11 is 17.7. The van der Waals surface area contributed by atoms with E-state index in [1.165, 1.54) is 11.0 Å². The number of hydrogen-bond donors (Lipinski definition) is 1. The van der Waals surface area contributed by atoms with Crippen LogP contribution in [0.3, 0.4) is 0 Å². The van der Waals surface area contributed by atoms with Gasteiger partial charge in [-0.05, 0) is 74.0 Å². The Labute approximate surface area is 190 Å². The first-order valence-corrected chi connectivity index (χ1v) is 10.5. The molecule has 30 heavy (non-hydrogen) atoms. The fourth-order valence-corrected chi connectivity index (χ4v) is 3.47. The summed E-state index contributed by atoms with van der Waals surface area (Å²) in [5.74, 6) is -0.570. The van der Waals surface area contributed by atoms with Crippen molar-refractivity contribution in [2.45, 2.75) is 33.3 Å². The highest BCUT2D eigenvalue weighted by Gasteiger charge is 2.34. The van der Waals surface area contributed by atoms with Gasteiger partial charge in [-0.1, -0.05) is 42.3 Å². The van der Waals surface area contributed by atoms with Crippen LogP contribution in [0.25, 0.3) is 6.08 Å². The van der Waals surface area contributed by atoms with Crippen molar-refractivity contribution in [3.63, 3.8) is 0 Å². The first kappa shape index (κ1) is 22.3. The molecule has 8 heteroatoms. The minimum absolute atomic E-state index is 0.00240. The summed E-state index contributed by atoms with van der Waals surface area (Å²) in [4.78, 5) is 26.8. The van der Waals surface area contributed by atoms with Crippen molar-refractivity contribution in [1.82, 2.24) is 5.32 Å². The molecule has 1 N–H and O–H groups in total. The van der Waals surface area contributed by atoms with E-state index in [1.54, 1.807) is 36.4 Å². The lowest BCUT2D eigenvalue weighted by Gasteiger charge is -2.29. The van der Waals surface area contributed by atoms with E-state index in [1.807, 2.05) is 20.8 Å². The van der Waals surface area contributed by atoms with E-state index < -0.39 is 11.8 Å². The van der Waals surface area contributed by atoms with Gasteiger partial charge in [-0.3, -0.25) is 19.8 Å². The molecule has 2 amide bonds. The monoisotopic (exact) mass is 462 g/mol. The number of amides is 2. The van der Waals surface area contributed by atoms with Crippen molar-refractivity contribution in [2.75, 3.05) is 4.90 Å². The zero-order chi connectivity index (χ0) is 22.0. The van der Waals surface area contributed by atoms with Gasteiger partial charge in [-0.15, -0.1) is 0 Å². The van der Waals surface area contributed by atoms with E-state index >= 15 is 0 Å². The van der Waals surface area contributed by atoms with Crippen molar-refractivity contribution in [3.05, 3.63) is 63.1 Å². The van der Waals surface area contributed by atoms with Gasteiger partial charge >= 0.3 is 0 Å². The third-order valence-electron chi connectivity index (χ3n) is 4.69. The maximum Gasteiger partial charge on any atom is 0.270 e. The molecule has 1 atom stereocenters. The topological polar surface area (TPSA) is 58.6 Å². The predicted octanol–water partition coefficient (Wildman–Crippen LogP) is 5.31. The van der Waals surface area contributed by atoms with E-state index in [0.717, 1.165) is 12.0 Å². The standard InChI is InChI=1S/C22H20Cl2N2O3S/c1-4-13(3)29-19-8-6-14(10-18(19)24)9-16-20(27)25-22(30)26(21(16)28)15-7-5-12(2)17(23)11-15/h5-11,13H,4H2,1-3H3,(H,25,27,30)/b16-9+/t13-/m0/s1. The van der Waals surface area contributed by atoms with Crippen LogP contribution in [-0.2, 0) is 9.59 Å². The molecule has 1 fully saturated rings. The number of ether oxygens (including phenoxy) is 1. The Morgan fingerprint density at radius 2 is 1.90 bits per heavy atom. The zero-order valence-corrected chi connectivity index (χ0v) is 19.0. The Balaban J connectivity index is 1.94. The van der Waals surface area contributed by atoms with Gasteiger partial charge in [0, 0.05) is 5.02 Å². The smallest absolute Gasteiger partial charge is 0.270 e. The minimum Gasteiger partial charge on any atom is -0.489 e. The van der Waals surface area contributed by atoms with Crippen molar-refractivity contribution in [2.24, 2.45) is 0 Å². The molecule has 1 saturated heterocycles. The highest BCUT2D eigenvalue weighted by Crippen LogP contribution is 2.30. The summed E-state index contributed by atoms with van der Waals surface area (Å²) in [5.41, 5.74) is 1.86. The Morgan fingerprint density at radius 3 is 2.53 bits per heavy atom. The molecular weight excluding hydrogens is 443 g/mol. The normalized spacial score (nSPS) is 16.6. The minimum atomic E-state index is -0.574. The van der Waals surface area contributed by atoms with Gasteiger partial charge < -0.3 is 4.74 Å².